The first-order valence-electron chi connectivity index (χ1n) is 7.54. The number of aromatic nitrogens is 1. The van der Waals surface area contributed by atoms with Crippen molar-refractivity contribution in [3.63, 3.8) is 0 Å². The van der Waals surface area contributed by atoms with Gasteiger partial charge in [0, 0.05) is 12.1 Å². The normalized spacial score (nSPS) is 19.2. The summed E-state index contributed by atoms with van der Waals surface area (Å²) in [6, 6.07) is 6.27. The molecule has 1 aromatic carbocycles. The van der Waals surface area contributed by atoms with E-state index < -0.39 is 10.0 Å². The van der Waals surface area contributed by atoms with Crippen LogP contribution in [-0.4, -0.2) is 31.5 Å². The second-order valence-electron chi connectivity index (χ2n) is 5.69. The molecule has 0 bridgehead atoms. The van der Waals surface area contributed by atoms with Crippen molar-refractivity contribution in [3.8, 4) is 5.75 Å². The highest BCUT2D eigenvalue weighted by atomic mass is 32.2. The molecule has 0 spiro atoms. The molecule has 0 N–H and O–H groups in total. The Kier molecular flexibility index (Phi) is 4.16. The first-order chi connectivity index (χ1) is 10.9. The van der Waals surface area contributed by atoms with Gasteiger partial charge in [-0.15, -0.1) is 0 Å². The quantitative estimate of drug-likeness (QED) is 0.858. The van der Waals surface area contributed by atoms with Crippen molar-refractivity contribution in [1.29, 1.82) is 0 Å². The molecule has 23 heavy (non-hydrogen) atoms. The molecule has 1 aliphatic rings. The van der Waals surface area contributed by atoms with Gasteiger partial charge in [0.2, 0.25) is 10.0 Å². The van der Waals surface area contributed by atoms with E-state index in [1.807, 2.05) is 13.8 Å². The van der Waals surface area contributed by atoms with E-state index in [1.165, 1.54) is 0 Å². The van der Waals surface area contributed by atoms with E-state index in [0.29, 0.717) is 18.1 Å². The molecule has 0 amide bonds. The van der Waals surface area contributed by atoms with Gasteiger partial charge in [-0.05, 0) is 51.0 Å². The molecule has 1 saturated heterocycles. The van der Waals surface area contributed by atoms with E-state index in [4.69, 9.17) is 9.26 Å². The van der Waals surface area contributed by atoms with E-state index in [1.54, 1.807) is 35.7 Å². The van der Waals surface area contributed by atoms with Crippen molar-refractivity contribution in [1.82, 2.24) is 9.46 Å². The lowest BCUT2D eigenvalue weighted by Crippen LogP contribution is -2.31. The standard InChI is InChI=1S/C16H20N2O4S/c1-11-16(12(2)22-17-11)15-5-4-10-18(15)23(19,20)14-8-6-13(21-3)7-9-14/h6-9,15H,4-5,10H2,1-3H3. The largest absolute Gasteiger partial charge is 0.497 e. The van der Waals surface area contributed by atoms with Crippen LogP contribution in [0.3, 0.4) is 0 Å². The zero-order chi connectivity index (χ0) is 16.6. The predicted molar refractivity (Wildman–Crippen MR) is 84.8 cm³/mol. The first-order valence-corrected chi connectivity index (χ1v) is 8.98. The summed E-state index contributed by atoms with van der Waals surface area (Å²) < 4.78 is 37.9. The molecular formula is C16H20N2O4S. The number of benzene rings is 1. The molecular weight excluding hydrogens is 316 g/mol. The Morgan fingerprint density at radius 3 is 2.52 bits per heavy atom. The van der Waals surface area contributed by atoms with Crippen LogP contribution in [0.15, 0.2) is 33.7 Å². The van der Waals surface area contributed by atoms with Gasteiger partial charge in [-0.2, -0.15) is 4.31 Å². The van der Waals surface area contributed by atoms with Gasteiger partial charge >= 0.3 is 0 Å². The Morgan fingerprint density at radius 1 is 1.26 bits per heavy atom. The summed E-state index contributed by atoms with van der Waals surface area (Å²) in [6.45, 7) is 4.18. The molecule has 1 unspecified atom stereocenters. The number of sulfonamides is 1. The Labute approximate surface area is 136 Å². The lowest BCUT2D eigenvalue weighted by molar-refractivity contribution is 0.376. The highest BCUT2D eigenvalue weighted by molar-refractivity contribution is 7.89. The van der Waals surface area contributed by atoms with Crippen molar-refractivity contribution in [2.75, 3.05) is 13.7 Å². The van der Waals surface area contributed by atoms with Gasteiger partial charge in [-0.25, -0.2) is 8.42 Å². The SMILES string of the molecule is COc1ccc(S(=O)(=O)N2CCCC2c2c(C)noc2C)cc1. The molecule has 3 rings (SSSR count). The number of hydrogen-bond acceptors (Lipinski definition) is 5. The van der Waals surface area contributed by atoms with Crippen LogP contribution in [0, 0.1) is 13.8 Å². The Bertz CT molecular complexity index is 776. The van der Waals surface area contributed by atoms with Crippen LogP contribution < -0.4 is 4.74 Å². The van der Waals surface area contributed by atoms with Crippen LogP contribution in [0.1, 0.15) is 35.9 Å². The van der Waals surface area contributed by atoms with Gasteiger partial charge in [-0.3, -0.25) is 0 Å². The van der Waals surface area contributed by atoms with Gasteiger partial charge in [-0.1, -0.05) is 5.16 Å². The number of rotatable bonds is 4. The van der Waals surface area contributed by atoms with Crippen molar-refractivity contribution in [2.45, 2.75) is 37.6 Å². The van der Waals surface area contributed by atoms with Crippen LogP contribution >= 0.6 is 0 Å². The Hall–Kier alpha value is -1.86. The van der Waals surface area contributed by atoms with E-state index in [0.717, 1.165) is 24.1 Å². The number of ether oxygens (including phenoxy) is 1. The minimum absolute atomic E-state index is 0.214. The summed E-state index contributed by atoms with van der Waals surface area (Å²) >= 11 is 0. The van der Waals surface area contributed by atoms with Crippen molar-refractivity contribution in [3.05, 3.63) is 41.3 Å². The van der Waals surface area contributed by atoms with E-state index in [-0.39, 0.29) is 10.9 Å². The molecule has 6 nitrogen and oxygen atoms in total. The van der Waals surface area contributed by atoms with Crippen LogP contribution in [0.5, 0.6) is 5.75 Å². The lowest BCUT2D eigenvalue weighted by Gasteiger charge is -2.24. The fourth-order valence-corrected chi connectivity index (χ4v) is 4.83. The maximum absolute atomic E-state index is 13.0. The molecule has 0 saturated carbocycles. The maximum atomic E-state index is 13.0. The summed E-state index contributed by atoms with van der Waals surface area (Å²) in [5, 5.41) is 3.96. The van der Waals surface area contributed by atoms with E-state index in [9.17, 15) is 8.42 Å². The monoisotopic (exact) mass is 336 g/mol. The molecule has 2 aromatic rings. The zero-order valence-electron chi connectivity index (χ0n) is 13.4. The van der Waals surface area contributed by atoms with Gasteiger partial charge in [0.15, 0.2) is 0 Å². The van der Waals surface area contributed by atoms with Crippen LogP contribution in [0.25, 0.3) is 0 Å². The average Bonchev–Trinajstić information content (AvgIpc) is 3.14. The van der Waals surface area contributed by atoms with Gasteiger partial charge in [0.25, 0.3) is 0 Å². The molecule has 0 aliphatic carbocycles. The maximum Gasteiger partial charge on any atom is 0.243 e. The fraction of sp³-hybridized carbons (Fsp3) is 0.438. The lowest BCUT2D eigenvalue weighted by atomic mass is 10.0. The summed E-state index contributed by atoms with van der Waals surface area (Å²) in [5.74, 6) is 1.32. The molecule has 1 atom stereocenters. The third-order valence-electron chi connectivity index (χ3n) is 4.29. The minimum Gasteiger partial charge on any atom is -0.497 e. The predicted octanol–water partition coefficient (Wildman–Crippen LogP) is 2.83. The summed E-state index contributed by atoms with van der Waals surface area (Å²) in [7, 11) is -2.01. The molecule has 1 aliphatic heterocycles. The van der Waals surface area contributed by atoms with Gasteiger partial charge < -0.3 is 9.26 Å². The highest BCUT2D eigenvalue weighted by Crippen LogP contribution is 2.39. The number of nitrogens with zero attached hydrogens (tertiary/aromatic N) is 2. The molecule has 1 fully saturated rings. The number of aryl methyl sites for hydroxylation is 2. The molecule has 1 aromatic heterocycles. The topological polar surface area (TPSA) is 72.6 Å². The second-order valence-corrected chi connectivity index (χ2v) is 7.58. The van der Waals surface area contributed by atoms with Gasteiger partial charge in [0.05, 0.1) is 23.7 Å². The molecule has 7 heteroatoms. The Morgan fingerprint density at radius 2 is 1.96 bits per heavy atom. The van der Waals surface area contributed by atoms with Crippen molar-refractivity contribution < 1.29 is 17.7 Å². The molecule has 124 valence electrons. The fourth-order valence-electron chi connectivity index (χ4n) is 3.17. The van der Waals surface area contributed by atoms with Crippen LogP contribution in [0.4, 0.5) is 0 Å². The highest BCUT2D eigenvalue weighted by Gasteiger charge is 2.38. The van der Waals surface area contributed by atoms with Crippen molar-refractivity contribution >= 4 is 10.0 Å². The average molecular weight is 336 g/mol. The summed E-state index contributed by atoms with van der Waals surface area (Å²) in [4.78, 5) is 0.275. The van der Waals surface area contributed by atoms with Crippen LogP contribution in [0.2, 0.25) is 0 Å². The van der Waals surface area contributed by atoms with E-state index in [2.05, 4.69) is 5.16 Å². The zero-order valence-corrected chi connectivity index (χ0v) is 14.3. The van der Waals surface area contributed by atoms with E-state index >= 15 is 0 Å². The van der Waals surface area contributed by atoms with Gasteiger partial charge in [0.1, 0.15) is 11.5 Å². The summed E-state index contributed by atoms with van der Waals surface area (Å²) in [6.07, 6.45) is 1.60. The second kappa shape index (κ2) is 5.98. The molecule has 2 heterocycles. The van der Waals surface area contributed by atoms with Crippen LogP contribution in [-0.2, 0) is 10.0 Å². The first kappa shape index (κ1) is 16.0. The summed E-state index contributed by atoms with van der Waals surface area (Å²) in [5.41, 5.74) is 1.64. The third-order valence-corrected chi connectivity index (χ3v) is 6.21. The number of methoxy groups -OCH3 is 1. The minimum atomic E-state index is -3.56. The smallest absolute Gasteiger partial charge is 0.243 e. The molecule has 0 radical (unpaired) electrons. The third kappa shape index (κ3) is 2.74. The number of hydrogen-bond donors (Lipinski definition) is 0. The Balaban J connectivity index is 1.98. The van der Waals surface area contributed by atoms with Crippen molar-refractivity contribution in [2.24, 2.45) is 0 Å².